The van der Waals surface area contributed by atoms with Gasteiger partial charge in [0.25, 0.3) is 11.5 Å². The summed E-state index contributed by atoms with van der Waals surface area (Å²) in [6.07, 6.45) is 6.13. The van der Waals surface area contributed by atoms with Crippen molar-refractivity contribution >= 4 is 29.3 Å². The predicted molar refractivity (Wildman–Crippen MR) is 144 cm³/mol. The van der Waals surface area contributed by atoms with Crippen molar-refractivity contribution in [2.75, 3.05) is 26.5 Å². The molecule has 2 aliphatic heterocycles. The molecule has 2 fully saturated rings. The van der Waals surface area contributed by atoms with E-state index in [0.717, 1.165) is 49.4 Å². The number of amides is 1. The highest BCUT2D eigenvalue weighted by atomic mass is 35.5. The van der Waals surface area contributed by atoms with Crippen molar-refractivity contribution in [3.63, 3.8) is 0 Å². The highest BCUT2D eigenvalue weighted by Crippen LogP contribution is 2.47. The Morgan fingerprint density at radius 3 is 2.57 bits per heavy atom. The van der Waals surface area contributed by atoms with Crippen LogP contribution in [0.25, 0.3) is 0 Å². The minimum atomic E-state index is -0.399. The number of hydrogen-bond acceptors (Lipinski definition) is 7. The Labute approximate surface area is 226 Å². The van der Waals surface area contributed by atoms with Gasteiger partial charge in [-0.3, -0.25) is 14.5 Å². The number of H-pyrrole nitrogens is 1. The van der Waals surface area contributed by atoms with E-state index in [1.54, 1.807) is 13.2 Å². The van der Waals surface area contributed by atoms with Gasteiger partial charge < -0.3 is 24.5 Å². The van der Waals surface area contributed by atoms with Crippen LogP contribution in [-0.4, -0.2) is 60.7 Å². The number of aromatic amines is 1. The highest BCUT2D eigenvalue weighted by molar-refractivity contribution is 7.98. The van der Waals surface area contributed by atoms with Crippen molar-refractivity contribution < 1.29 is 19.0 Å². The molecule has 1 aromatic carbocycles. The van der Waals surface area contributed by atoms with Gasteiger partial charge in [-0.2, -0.15) is 0 Å². The Bertz CT molecular complexity index is 1240. The molecule has 8 nitrogen and oxygen atoms in total. The smallest absolute Gasteiger partial charge is 0.254 e. The maximum Gasteiger partial charge on any atom is 0.254 e. The molecule has 200 valence electrons. The van der Waals surface area contributed by atoms with Gasteiger partial charge in [-0.1, -0.05) is 11.6 Å². The van der Waals surface area contributed by atoms with Gasteiger partial charge in [0.15, 0.2) is 11.5 Å². The van der Waals surface area contributed by atoms with Gasteiger partial charge >= 0.3 is 0 Å². The molecule has 1 unspecified atom stereocenters. The molecule has 37 heavy (non-hydrogen) atoms. The molecule has 1 saturated heterocycles. The second-order valence-electron chi connectivity index (χ2n) is 10.2. The zero-order chi connectivity index (χ0) is 26.3. The van der Waals surface area contributed by atoms with Crippen molar-refractivity contribution in [2.45, 2.75) is 69.4 Å². The minimum Gasteiger partial charge on any atom is -0.450 e. The summed E-state index contributed by atoms with van der Waals surface area (Å²) in [5.74, 6) is 1.00. The van der Waals surface area contributed by atoms with Crippen LogP contribution in [0.1, 0.15) is 52.9 Å². The number of fused-ring (bicyclic) bond motifs is 1. The number of nitrogens with one attached hydrogen (secondary N) is 2. The van der Waals surface area contributed by atoms with Crippen LogP contribution in [0.4, 0.5) is 0 Å². The zero-order valence-electron chi connectivity index (χ0n) is 21.7. The minimum absolute atomic E-state index is 0.115. The third-order valence-corrected chi connectivity index (χ3v) is 8.96. The fourth-order valence-electron chi connectivity index (χ4n) is 5.59. The molecule has 3 heterocycles. The molecule has 10 heteroatoms. The van der Waals surface area contributed by atoms with E-state index in [4.69, 9.17) is 25.8 Å². The SMILES string of the molecule is COC1CN(C2CCC(C3Oc4c(Cl)cc(C(=O)NCc5c(SC)cc(C)[nH]c5=O)c(C)c4O3)CC2)C1. The first-order chi connectivity index (χ1) is 17.8. The number of rotatable bonds is 7. The average molecular weight is 548 g/mol. The van der Waals surface area contributed by atoms with E-state index in [1.807, 2.05) is 26.2 Å². The second kappa shape index (κ2) is 10.9. The van der Waals surface area contributed by atoms with E-state index in [-0.39, 0.29) is 23.9 Å². The molecule has 0 radical (unpaired) electrons. The molecule has 1 aliphatic carbocycles. The number of methoxy groups -OCH3 is 1. The van der Waals surface area contributed by atoms with E-state index in [2.05, 4.69) is 15.2 Å². The van der Waals surface area contributed by atoms with E-state index < -0.39 is 6.29 Å². The summed E-state index contributed by atoms with van der Waals surface area (Å²) < 4.78 is 17.9. The van der Waals surface area contributed by atoms with Crippen molar-refractivity contribution in [3.05, 3.63) is 49.9 Å². The lowest BCUT2D eigenvalue weighted by molar-refractivity contribution is -0.0729. The molecule has 2 aromatic rings. The van der Waals surface area contributed by atoms with E-state index in [9.17, 15) is 9.59 Å². The number of pyridine rings is 1. The molecule has 1 aromatic heterocycles. The summed E-state index contributed by atoms with van der Waals surface area (Å²) in [6, 6.07) is 4.13. The highest BCUT2D eigenvalue weighted by Gasteiger charge is 2.40. The Morgan fingerprint density at radius 1 is 1.19 bits per heavy atom. The van der Waals surface area contributed by atoms with Gasteiger partial charge in [0, 0.05) is 66.0 Å². The number of carbonyl (C=O) groups is 1. The van der Waals surface area contributed by atoms with Crippen LogP contribution in [0.15, 0.2) is 21.8 Å². The van der Waals surface area contributed by atoms with Crippen LogP contribution in [0.3, 0.4) is 0 Å². The maximum absolute atomic E-state index is 13.1. The molecular weight excluding hydrogens is 514 g/mol. The topological polar surface area (TPSA) is 92.9 Å². The van der Waals surface area contributed by atoms with Gasteiger partial charge in [-0.15, -0.1) is 11.8 Å². The van der Waals surface area contributed by atoms with Gasteiger partial charge in [0.05, 0.1) is 11.1 Å². The van der Waals surface area contributed by atoms with Crippen LogP contribution in [0.2, 0.25) is 5.02 Å². The number of aromatic nitrogens is 1. The average Bonchev–Trinajstić information content (AvgIpc) is 3.31. The standard InChI is InChI=1S/C27H34ClN3O5S/c1-14-9-22(37-4)20(26(33)30-14)11-29-25(32)19-10-21(28)24-23(15(19)2)35-27(36-24)16-5-7-17(8-6-16)31-12-18(13-31)34-3/h9-10,16-18,27H,5-8,11-13H2,1-4H3,(H,29,32)(H,30,33). The number of nitrogens with zero attached hydrogens (tertiary/aromatic N) is 1. The summed E-state index contributed by atoms with van der Waals surface area (Å²) >= 11 is 8.04. The third kappa shape index (κ3) is 5.24. The number of likely N-dealkylation sites (tertiary alicyclic amines) is 1. The molecule has 3 aliphatic rings. The number of aryl methyl sites for hydroxylation is 1. The second-order valence-corrected chi connectivity index (χ2v) is 11.4. The van der Waals surface area contributed by atoms with E-state index in [1.165, 1.54) is 11.8 Å². The van der Waals surface area contributed by atoms with Crippen LogP contribution >= 0.6 is 23.4 Å². The van der Waals surface area contributed by atoms with Gasteiger partial charge in [-0.25, -0.2) is 0 Å². The Hall–Kier alpha value is -2.20. The van der Waals surface area contributed by atoms with Gasteiger partial charge in [0.2, 0.25) is 6.29 Å². The van der Waals surface area contributed by atoms with Gasteiger partial charge in [0.1, 0.15) is 0 Å². The molecular formula is C27H34ClN3O5S. The zero-order valence-corrected chi connectivity index (χ0v) is 23.3. The molecule has 0 spiro atoms. The Kier molecular flexibility index (Phi) is 7.77. The summed E-state index contributed by atoms with van der Waals surface area (Å²) in [7, 11) is 1.78. The number of thioether (sulfide) groups is 1. The molecule has 0 bridgehead atoms. The van der Waals surface area contributed by atoms with Crippen LogP contribution in [0.5, 0.6) is 11.5 Å². The monoisotopic (exact) mass is 547 g/mol. The third-order valence-electron chi connectivity index (χ3n) is 7.88. The maximum atomic E-state index is 13.1. The Balaban J connectivity index is 1.23. The summed E-state index contributed by atoms with van der Waals surface area (Å²) in [5, 5.41) is 3.23. The normalized spacial score (nSPS) is 23.6. The van der Waals surface area contributed by atoms with E-state index in [0.29, 0.717) is 45.4 Å². The lowest BCUT2D eigenvalue weighted by atomic mass is 9.83. The summed E-state index contributed by atoms with van der Waals surface area (Å²) in [5.41, 5.74) is 2.21. The number of hydrogen-bond donors (Lipinski definition) is 2. The number of halogens is 1. The van der Waals surface area contributed by atoms with Crippen molar-refractivity contribution in [1.82, 2.24) is 15.2 Å². The summed E-state index contributed by atoms with van der Waals surface area (Å²) in [6.45, 7) is 5.83. The van der Waals surface area contributed by atoms with Crippen molar-refractivity contribution in [2.24, 2.45) is 5.92 Å². The lowest BCUT2D eigenvalue weighted by Crippen LogP contribution is -2.57. The van der Waals surface area contributed by atoms with Gasteiger partial charge in [-0.05, 0) is 57.9 Å². The molecule has 1 atom stereocenters. The van der Waals surface area contributed by atoms with Crippen molar-refractivity contribution in [1.29, 1.82) is 0 Å². The van der Waals surface area contributed by atoms with Crippen LogP contribution in [-0.2, 0) is 11.3 Å². The molecule has 1 amide bonds. The van der Waals surface area contributed by atoms with Crippen LogP contribution < -0.4 is 20.3 Å². The predicted octanol–water partition coefficient (Wildman–Crippen LogP) is 4.28. The van der Waals surface area contributed by atoms with E-state index >= 15 is 0 Å². The molecule has 5 rings (SSSR count). The number of ether oxygens (including phenoxy) is 3. The lowest BCUT2D eigenvalue weighted by Gasteiger charge is -2.46. The first kappa shape index (κ1) is 26.4. The van der Waals surface area contributed by atoms with Crippen LogP contribution in [0, 0.1) is 19.8 Å². The first-order valence-corrected chi connectivity index (χ1v) is 14.4. The molecule has 2 N–H and O–H groups in total. The fraction of sp³-hybridized carbons (Fsp3) is 0.556. The largest absolute Gasteiger partial charge is 0.450 e. The summed E-state index contributed by atoms with van der Waals surface area (Å²) in [4.78, 5) is 31.7. The first-order valence-electron chi connectivity index (χ1n) is 12.8. The fourth-order valence-corrected chi connectivity index (χ4v) is 6.54. The Morgan fingerprint density at radius 2 is 1.89 bits per heavy atom. The van der Waals surface area contributed by atoms with Crippen molar-refractivity contribution in [3.8, 4) is 11.5 Å². The number of benzene rings is 1. The quantitative estimate of drug-likeness (QED) is 0.500. The number of carbonyl (C=O) groups excluding carboxylic acids is 1. The molecule has 1 saturated carbocycles.